The second-order valence-electron chi connectivity index (χ2n) is 5.08. The zero-order valence-corrected chi connectivity index (χ0v) is 14.2. The maximum atomic E-state index is 12.1. The van der Waals surface area contributed by atoms with E-state index in [9.17, 15) is 9.59 Å². The number of fused-ring (bicyclic) bond motifs is 1. The molecule has 0 aliphatic carbocycles. The Bertz CT molecular complexity index is 807. The number of amides is 2. The molecule has 0 saturated carbocycles. The lowest BCUT2D eigenvalue weighted by molar-refractivity contribution is -0.125. The number of rotatable bonds is 4. The standard InChI is InChI=1S/C17H14BrN3O3/c18-13-5-3-4-12(8-13)9-19-20-16(22)10-21-14-6-1-2-7-15(14)24-11-17(21)23/h1-9H,10-11H2,(H,20,22)/b19-9-. The van der Waals surface area contributed by atoms with E-state index in [-0.39, 0.29) is 25.0 Å². The Hall–Kier alpha value is -2.67. The molecule has 0 saturated heterocycles. The first kappa shape index (κ1) is 16.2. The SMILES string of the molecule is O=C(CN1C(=O)COc2ccccc21)N/N=C\c1cccc(Br)c1. The van der Waals surface area contributed by atoms with Crippen molar-refractivity contribution in [1.82, 2.24) is 5.43 Å². The lowest BCUT2D eigenvalue weighted by atomic mass is 10.2. The van der Waals surface area contributed by atoms with Gasteiger partial charge in [-0.1, -0.05) is 40.2 Å². The molecular formula is C17H14BrN3O3. The lowest BCUT2D eigenvalue weighted by Gasteiger charge is -2.28. The summed E-state index contributed by atoms with van der Waals surface area (Å²) < 4.78 is 6.27. The minimum Gasteiger partial charge on any atom is -0.482 e. The molecule has 0 unspecified atom stereocenters. The van der Waals surface area contributed by atoms with Crippen molar-refractivity contribution in [2.45, 2.75) is 0 Å². The highest BCUT2D eigenvalue weighted by Gasteiger charge is 2.26. The third kappa shape index (κ3) is 3.80. The molecule has 0 aromatic heterocycles. The summed E-state index contributed by atoms with van der Waals surface area (Å²) in [4.78, 5) is 25.4. The molecule has 2 aromatic carbocycles. The summed E-state index contributed by atoms with van der Waals surface area (Å²) in [5, 5.41) is 3.91. The fourth-order valence-electron chi connectivity index (χ4n) is 2.27. The number of hydrazone groups is 1. The predicted octanol–water partition coefficient (Wildman–Crippen LogP) is 2.32. The highest BCUT2D eigenvalue weighted by atomic mass is 79.9. The molecule has 1 N–H and O–H groups in total. The van der Waals surface area contributed by atoms with Gasteiger partial charge in [-0.05, 0) is 29.8 Å². The number of hydrogen-bond donors (Lipinski definition) is 1. The van der Waals surface area contributed by atoms with Crippen LogP contribution in [0.2, 0.25) is 0 Å². The van der Waals surface area contributed by atoms with E-state index in [0.717, 1.165) is 10.0 Å². The van der Waals surface area contributed by atoms with Crippen molar-refractivity contribution in [3.8, 4) is 5.75 Å². The highest BCUT2D eigenvalue weighted by molar-refractivity contribution is 9.10. The molecule has 3 rings (SSSR count). The number of halogens is 1. The average Bonchev–Trinajstić information content (AvgIpc) is 2.58. The van der Waals surface area contributed by atoms with E-state index in [4.69, 9.17) is 4.74 Å². The maximum Gasteiger partial charge on any atom is 0.265 e. The fourth-order valence-corrected chi connectivity index (χ4v) is 2.69. The van der Waals surface area contributed by atoms with Crippen LogP contribution in [0.5, 0.6) is 5.75 Å². The number of anilines is 1. The van der Waals surface area contributed by atoms with Crippen LogP contribution in [0.4, 0.5) is 5.69 Å². The molecule has 1 heterocycles. The van der Waals surface area contributed by atoms with Gasteiger partial charge in [-0.3, -0.25) is 14.5 Å². The Morgan fingerprint density at radius 3 is 2.96 bits per heavy atom. The smallest absolute Gasteiger partial charge is 0.265 e. The van der Waals surface area contributed by atoms with E-state index in [0.29, 0.717) is 11.4 Å². The monoisotopic (exact) mass is 387 g/mol. The molecule has 0 fully saturated rings. The average molecular weight is 388 g/mol. The molecule has 122 valence electrons. The summed E-state index contributed by atoms with van der Waals surface area (Å²) >= 11 is 3.37. The minimum absolute atomic E-state index is 0.0778. The number of benzene rings is 2. The van der Waals surface area contributed by atoms with Gasteiger partial charge in [0.25, 0.3) is 11.8 Å². The van der Waals surface area contributed by atoms with E-state index < -0.39 is 0 Å². The van der Waals surface area contributed by atoms with Crippen LogP contribution in [0.15, 0.2) is 58.1 Å². The van der Waals surface area contributed by atoms with E-state index >= 15 is 0 Å². The van der Waals surface area contributed by atoms with Gasteiger partial charge < -0.3 is 4.74 Å². The zero-order chi connectivity index (χ0) is 16.9. The first-order chi connectivity index (χ1) is 11.6. The van der Waals surface area contributed by atoms with Crippen LogP contribution in [0.3, 0.4) is 0 Å². The van der Waals surface area contributed by atoms with Gasteiger partial charge in [0.15, 0.2) is 6.61 Å². The van der Waals surface area contributed by atoms with Crippen LogP contribution >= 0.6 is 15.9 Å². The molecule has 6 nitrogen and oxygen atoms in total. The fraction of sp³-hybridized carbons (Fsp3) is 0.118. The van der Waals surface area contributed by atoms with Gasteiger partial charge in [0.2, 0.25) is 0 Å². The number of nitrogens with zero attached hydrogens (tertiary/aromatic N) is 2. The van der Waals surface area contributed by atoms with Crippen LogP contribution < -0.4 is 15.1 Å². The first-order valence-corrected chi connectivity index (χ1v) is 8.02. The quantitative estimate of drug-likeness (QED) is 0.646. The van der Waals surface area contributed by atoms with Crippen LogP contribution in [-0.2, 0) is 9.59 Å². The number of carbonyl (C=O) groups excluding carboxylic acids is 2. The third-order valence-electron chi connectivity index (χ3n) is 3.36. The van der Waals surface area contributed by atoms with Crippen molar-refractivity contribution in [3.63, 3.8) is 0 Å². The second kappa shape index (κ2) is 7.27. The predicted molar refractivity (Wildman–Crippen MR) is 94.2 cm³/mol. The van der Waals surface area contributed by atoms with Crippen LogP contribution in [-0.4, -0.2) is 31.2 Å². The minimum atomic E-state index is -0.383. The van der Waals surface area contributed by atoms with Gasteiger partial charge in [-0.2, -0.15) is 5.10 Å². The molecule has 0 bridgehead atoms. The summed E-state index contributed by atoms with van der Waals surface area (Å²) in [6, 6.07) is 14.6. The van der Waals surface area contributed by atoms with Crippen molar-refractivity contribution >= 4 is 39.6 Å². The molecule has 0 spiro atoms. The third-order valence-corrected chi connectivity index (χ3v) is 3.85. The number of hydrogen-bond acceptors (Lipinski definition) is 4. The Labute approximate surface area is 147 Å². The molecule has 24 heavy (non-hydrogen) atoms. The second-order valence-corrected chi connectivity index (χ2v) is 6.00. The van der Waals surface area contributed by atoms with Gasteiger partial charge in [0.1, 0.15) is 12.3 Å². The number of nitrogens with one attached hydrogen (secondary N) is 1. The van der Waals surface area contributed by atoms with Crippen molar-refractivity contribution in [3.05, 3.63) is 58.6 Å². The normalized spacial score (nSPS) is 13.5. The van der Waals surface area contributed by atoms with Crippen LogP contribution in [0.1, 0.15) is 5.56 Å². The van der Waals surface area contributed by atoms with Crippen LogP contribution in [0, 0.1) is 0 Å². The number of ether oxygens (including phenoxy) is 1. The van der Waals surface area contributed by atoms with Crippen LogP contribution in [0.25, 0.3) is 0 Å². The van der Waals surface area contributed by atoms with E-state index in [2.05, 4.69) is 26.5 Å². The Morgan fingerprint density at radius 2 is 2.12 bits per heavy atom. The lowest BCUT2D eigenvalue weighted by Crippen LogP contribution is -2.44. The highest BCUT2D eigenvalue weighted by Crippen LogP contribution is 2.31. The molecular weight excluding hydrogens is 374 g/mol. The molecule has 0 atom stereocenters. The maximum absolute atomic E-state index is 12.1. The molecule has 2 amide bonds. The van der Waals surface area contributed by atoms with Gasteiger partial charge in [0, 0.05) is 4.47 Å². The number of para-hydroxylation sites is 2. The topological polar surface area (TPSA) is 71.0 Å². The van der Waals surface area contributed by atoms with Crippen molar-refractivity contribution < 1.29 is 14.3 Å². The molecule has 0 radical (unpaired) electrons. The summed E-state index contributed by atoms with van der Waals surface area (Å²) in [5.41, 5.74) is 3.86. The van der Waals surface area contributed by atoms with Crippen molar-refractivity contribution in [2.75, 3.05) is 18.1 Å². The van der Waals surface area contributed by atoms with Crippen molar-refractivity contribution in [2.24, 2.45) is 5.10 Å². The first-order valence-electron chi connectivity index (χ1n) is 7.23. The largest absolute Gasteiger partial charge is 0.482 e. The molecule has 1 aliphatic rings. The summed E-state index contributed by atoms with van der Waals surface area (Å²) in [6.45, 7) is -0.194. The molecule has 1 aliphatic heterocycles. The van der Waals surface area contributed by atoms with Gasteiger partial charge >= 0.3 is 0 Å². The van der Waals surface area contributed by atoms with E-state index in [1.165, 1.54) is 11.1 Å². The zero-order valence-electron chi connectivity index (χ0n) is 12.6. The van der Waals surface area contributed by atoms with Crippen molar-refractivity contribution in [1.29, 1.82) is 0 Å². The summed E-state index contributed by atoms with van der Waals surface area (Å²) in [5.74, 6) is -0.0614. The van der Waals surface area contributed by atoms with Gasteiger partial charge in [0.05, 0.1) is 11.9 Å². The van der Waals surface area contributed by atoms with E-state index in [1.54, 1.807) is 18.2 Å². The Kier molecular flexibility index (Phi) is 4.90. The summed E-state index contributed by atoms with van der Waals surface area (Å²) in [7, 11) is 0. The molecule has 7 heteroatoms. The van der Waals surface area contributed by atoms with E-state index in [1.807, 2.05) is 30.3 Å². The number of carbonyl (C=O) groups is 2. The van der Waals surface area contributed by atoms with Gasteiger partial charge in [-0.15, -0.1) is 0 Å². The summed E-state index contributed by atoms with van der Waals surface area (Å²) in [6.07, 6.45) is 1.54. The Balaban J connectivity index is 1.64. The van der Waals surface area contributed by atoms with Gasteiger partial charge in [-0.25, -0.2) is 5.43 Å². The Morgan fingerprint density at radius 1 is 1.29 bits per heavy atom. The molecule has 2 aromatic rings.